The van der Waals surface area contributed by atoms with Crippen LogP contribution in [0.5, 0.6) is 0 Å². The molecule has 1 fully saturated rings. The Morgan fingerprint density at radius 1 is 1.18 bits per heavy atom. The number of carbonyl (C=O) groups excluding carboxylic acids is 1. The first-order valence-corrected chi connectivity index (χ1v) is 7.38. The van der Waals surface area contributed by atoms with Crippen molar-refractivity contribution >= 4 is 11.6 Å². The Morgan fingerprint density at radius 3 is 2.73 bits per heavy atom. The molecule has 1 saturated heterocycles. The lowest BCUT2D eigenvalue weighted by Crippen LogP contribution is -2.51. The molecule has 1 unspecified atom stereocenters. The van der Waals surface area contributed by atoms with Gasteiger partial charge in [0.05, 0.1) is 17.3 Å². The zero-order valence-electron chi connectivity index (χ0n) is 12.2. The minimum absolute atomic E-state index is 0.00204. The summed E-state index contributed by atoms with van der Waals surface area (Å²) in [5.74, 6) is 0.0373. The van der Waals surface area contributed by atoms with E-state index in [-0.39, 0.29) is 11.8 Å². The van der Waals surface area contributed by atoms with Crippen molar-refractivity contribution in [3.8, 4) is 6.07 Å². The first-order chi connectivity index (χ1) is 10.8. The lowest BCUT2D eigenvalue weighted by Gasteiger charge is -2.33. The van der Waals surface area contributed by atoms with E-state index in [1.54, 1.807) is 12.1 Å². The van der Waals surface area contributed by atoms with Gasteiger partial charge in [-0.05, 0) is 36.6 Å². The fraction of sp³-hybridized carbons (Fsp3) is 0.222. The second kappa shape index (κ2) is 6.31. The van der Waals surface area contributed by atoms with Gasteiger partial charge in [-0.15, -0.1) is 0 Å². The van der Waals surface area contributed by atoms with Crippen molar-refractivity contribution in [2.75, 3.05) is 11.6 Å². The SMILES string of the molecule is N#Cc1cccc(N2CCC(Cc3ccccc3)C(=O)N2)c1. The van der Waals surface area contributed by atoms with Crippen LogP contribution < -0.4 is 10.4 Å². The van der Waals surface area contributed by atoms with Crippen LogP contribution in [-0.2, 0) is 11.2 Å². The van der Waals surface area contributed by atoms with Crippen LogP contribution >= 0.6 is 0 Å². The molecule has 0 aliphatic carbocycles. The maximum Gasteiger partial charge on any atom is 0.242 e. The Bertz CT molecular complexity index is 706. The molecule has 110 valence electrons. The number of nitriles is 1. The maximum atomic E-state index is 12.3. The molecule has 4 nitrogen and oxygen atoms in total. The third-order valence-corrected chi connectivity index (χ3v) is 3.93. The number of hydrogen-bond donors (Lipinski definition) is 1. The van der Waals surface area contributed by atoms with E-state index < -0.39 is 0 Å². The number of hydrazine groups is 1. The molecule has 0 radical (unpaired) electrons. The van der Waals surface area contributed by atoms with Crippen molar-refractivity contribution in [1.29, 1.82) is 5.26 Å². The number of rotatable bonds is 3. The number of nitrogens with zero attached hydrogens (tertiary/aromatic N) is 2. The molecular formula is C18H17N3O. The van der Waals surface area contributed by atoms with Crippen LogP contribution in [-0.4, -0.2) is 12.5 Å². The number of anilines is 1. The van der Waals surface area contributed by atoms with E-state index in [9.17, 15) is 4.79 Å². The van der Waals surface area contributed by atoms with Crippen molar-refractivity contribution in [3.05, 3.63) is 65.7 Å². The van der Waals surface area contributed by atoms with Gasteiger partial charge >= 0.3 is 0 Å². The normalized spacial score (nSPS) is 17.7. The summed E-state index contributed by atoms with van der Waals surface area (Å²) in [5, 5.41) is 10.8. The molecule has 1 aliphatic heterocycles. The standard InChI is InChI=1S/C18H17N3O/c19-13-15-7-4-8-17(12-15)21-10-9-16(18(22)20-21)11-14-5-2-1-3-6-14/h1-8,12,16H,9-11H2,(H,20,22). The highest BCUT2D eigenvalue weighted by atomic mass is 16.2. The largest absolute Gasteiger partial charge is 0.286 e. The van der Waals surface area contributed by atoms with Crippen molar-refractivity contribution in [2.45, 2.75) is 12.8 Å². The quantitative estimate of drug-likeness (QED) is 0.946. The fourth-order valence-corrected chi connectivity index (χ4v) is 2.73. The molecule has 1 amide bonds. The zero-order valence-corrected chi connectivity index (χ0v) is 12.2. The predicted molar refractivity (Wildman–Crippen MR) is 84.9 cm³/mol. The van der Waals surface area contributed by atoms with Gasteiger partial charge in [-0.1, -0.05) is 36.4 Å². The van der Waals surface area contributed by atoms with Gasteiger partial charge in [0.15, 0.2) is 0 Å². The zero-order chi connectivity index (χ0) is 15.4. The van der Waals surface area contributed by atoms with Crippen LogP contribution in [0.2, 0.25) is 0 Å². The van der Waals surface area contributed by atoms with Gasteiger partial charge < -0.3 is 0 Å². The molecule has 0 saturated carbocycles. The number of hydrogen-bond acceptors (Lipinski definition) is 3. The van der Waals surface area contributed by atoms with Gasteiger partial charge in [0.2, 0.25) is 5.91 Å². The Balaban J connectivity index is 1.67. The van der Waals surface area contributed by atoms with Crippen LogP contribution in [0.15, 0.2) is 54.6 Å². The highest BCUT2D eigenvalue weighted by Gasteiger charge is 2.27. The van der Waals surface area contributed by atoms with Crippen LogP contribution in [0.1, 0.15) is 17.5 Å². The van der Waals surface area contributed by atoms with E-state index in [0.29, 0.717) is 5.56 Å². The van der Waals surface area contributed by atoms with Crippen LogP contribution in [0, 0.1) is 17.2 Å². The molecule has 0 bridgehead atoms. The first kappa shape index (κ1) is 14.2. The molecule has 2 aromatic rings. The topological polar surface area (TPSA) is 56.1 Å². The molecule has 1 atom stereocenters. The van der Waals surface area contributed by atoms with Crippen LogP contribution in [0.25, 0.3) is 0 Å². The third kappa shape index (κ3) is 3.09. The lowest BCUT2D eigenvalue weighted by molar-refractivity contribution is -0.126. The van der Waals surface area contributed by atoms with E-state index in [1.165, 1.54) is 5.56 Å². The summed E-state index contributed by atoms with van der Waals surface area (Å²) in [6, 6.07) is 19.5. The Labute approximate surface area is 130 Å². The van der Waals surface area contributed by atoms with E-state index in [2.05, 4.69) is 23.6 Å². The van der Waals surface area contributed by atoms with Gasteiger partial charge in [0, 0.05) is 12.5 Å². The first-order valence-electron chi connectivity index (χ1n) is 7.38. The molecule has 1 aliphatic rings. The Morgan fingerprint density at radius 2 is 2.00 bits per heavy atom. The average Bonchev–Trinajstić information content (AvgIpc) is 2.58. The van der Waals surface area contributed by atoms with Gasteiger partial charge in [0.25, 0.3) is 0 Å². The highest BCUT2D eigenvalue weighted by molar-refractivity contribution is 5.82. The number of benzene rings is 2. The number of nitrogens with one attached hydrogen (secondary N) is 1. The summed E-state index contributed by atoms with van der Waals surface area (Å²) < 4.78 is 0. The molecule has 3 rings (SSSR count). The molecular weight excluding hydrogens is 274 g/mol. The third-order valence-electron chi connectivity index (χ3n) is 3.93. The second-order valence-corrected chi connectivity index (χ2v) is 5.47. The minimum Gasteiger partial charge on any atom is -0.286 e. The molecule has 1 N–H and O–H groups in total. The fourth-order valence-electron chi connectivity index (χ4n) is 2.73. The van der Waals surface area contributed by atoms with Gasteiger partial charge in [-0.2, -0.15) is 5.26 Å². The maximum absolute atomic E-state index is 12.3. The molecule has 1 heterocycles. The van der Waals surface area contributed by atoms with E-state index in [0.717, 1.165) is 25.1 Å². The highest BCUT2D eigenvalue weighted by Crippen LogP contribution is 2.21. The van der Waals surface area contributed by atoms with Crippen LogP contribution in [0.3, 0.4) is 0 Å². The summed E-state index contributed by atoms with van der Waals surface area (Å²) in [4.78, 5) is 12.3. The van der Waals surface area contributed by atoms with Crippen molar-refractivity contribution < 1.29 is 4.79 Å². The second-order valence-electron chi connectivity index (χ2n) is 5.47. The summed E-state index contributed by atoms with van der Waals surface area (Å²) in [6.07, 6.45) is 1.57. The van der Waals surface area contributed by atoms with Crippen molar-refractivity contribution in [2.24, 2.45) is 5.92 Å². The number of carbonyl (C=O) groups is 1. The Kier molecular flexibility index (Phi) is 4.06. The van der Waals surface area contributed by atoms with Crippen LogP contribution in [0.4, 0.5) is 5.69 Å². The average molecular weight is 291 g/mol. The number of amides is 1. The summed E-state index contributed by atoms with van der Waals surface area (Å²) >= 11 is 0. The Hall–Kier alpha value is -2.80. The van der Waals surface area contributed by atoms with E-state index >= 15 is 0 Å². The molecule has 0 aromatic heterocycles. The van der Waals surface area contributed by atoms with Crippen molar-refractivity contribution in [3.63, 3.8) is 0 Å². The molecule has 22 heavy (non-hydrogen) atoms. The summed E-state index contributed by atoms with van der Waals surface area (Å²) in [7, 11) is 0. The molecule has 4 heteroatoms. The monoisotopic (exact) mass is 291 g/mol. The predicted octanol–water partition coefficient (Wildman–Crippen LogP) is 2.66. The summed E-state index contributed by atoms with van der Waals surface area (Å²) in [5.41, 5.74) is 5.57. The van der Waals surface area contributed by atoms with E-state index in [1.807, 2.05) is 35.3 Å². The van der Waals surface area contributed by atoms with Gasteiger partial charge in [-0.25, -0.2) is 0 Å². The smallest absolute Gasteiger partial charge is 0.242 e. The summed E-state index contributed by atoms with van der Waals surface area (Å²) in [6.45, 7) is 0.748. The van der Waals surface area contributed by atoms with Crippen molar-refractivity contribution in [1.82, 2.24) is 5.43 Å². The lowest BCUT2D eigenvalue weighted by atomic mass is 9.94. The molecule has 2 aromatic carbocycles. The minimum atomic E-state index is -0.00204. The molecule has 0 spiro atoms. The van der Waals surface area contributed by atoms with Gasteiger partial charge in [0.1, 0.15) is 0 Å². The van der Waals surface area contributed by atoms with E-state index in [4.69, 9.17) is 5.26 Å². The van der Waals surface area contributed by atoms with Gasteiger partial charge in [-0.3, -0.25) is 15.2 Å².